The molecule has 282 valence electrons. The van der Waals surface area contributed by atoms with Crippen LogP contribution in [0.3, 0.4) is 0 Å². The van der Waals surface area contributed by atoms with Crippen LogP contribution in [-0.4, -0.2) is 90.9 Å². The van der Waals surface area contributed by atoms with Crippen molar-refractivity contribution in [1.82, 2.24) is 4.90 Å². The molecule has 3 saturated carbocycles. The zero-order valence-corrected chi connectivity index (χ0v) is 31.6. The number of rotatable bonds is 15. The van der Waals surface area contributed by atoms with Crippen LogP contribution in [0.15, 0.2) is 78.4 Å². The minimum absolute atomic E-state index is 0.0398. The van der Waals surface area contributed by atoms with E-state index in [4.69, 9.17) is 14.2 Å². The minimum Gasteiger partial charge on any atom is -0.497 e. The van der Waals surface area contributed by atoms with Crippen molar-refractivity contribution in [3.63, 3.8) is 0 Å². The molecule has 8 rings (SSSR count). The molecule has 8 heteroatoms. The lowest BCUT2D eigenvalue weighted by molar-refractivity contribution is -0.177. The van der Waals surface area contributed by atoms with Crippen LogP contribution in [0.4, 0.5) is 0 Å². The summed E-state index contributed by atoms with van der Waals surface area (Å²) in [5.74, 6) is 1.03. The van der Waals surface area contributed by atoms with Crippen molar-refractivity contribution in [2.45, 2.75) is 89.6 Å². The van der Waals surface area contributed by atoms with E-state index in [2.05, 4.69) is 37.0 Å². The summed E-state index contributed by atoms with van der Waals surface area (Å²) in [6.45, 7) is 7.44. The molecule has 0 aromatic heterocycles. The Morgan fingerprint density at radius 2 is 1.65 bits per heavy atom. The van der Waals surface area contributed by atoms with E-state index in [0.717, 1.165) is 49.7 Å². The van der Waals surface area contributed by atoms with E-state index in [1.807, 2.05) is 54.6 Å². The van der Waals surface area contributed by atoms with Crippen molar-refractivity contribution in [3.05, 3.63) is 89.5 Å². The number of aliphatic hydroxyl groups excluding tert-OH is 2. The van der Waals surface area contributed by atoms with Gasteiger partial charge < -0.3 is 29.5 Å². The first-order valence-electron chi connectivity index (χ1n) is 19.5. The number of methoxy groups -OCH3 is 2. The maximum absolute atomic E-state index is 14.8. The Labute approximate surface area is 309 Å². The van der Waals surface area contributed by atoms with Crippen molar-refractivity contribution in [2.24, 2.45) is 33.5 Å². The second kappa shape index (κ2) is 14.4. The second-order valence-electron chi connectivity index (χ2n) is 17.1. The summed E-state index contributed by atoms with van der Waals surface area (Å²) in [6, 6.07) is 17.4. The second-order valence-corrected chi connectivity index (χ2v) is 17.1. The van der Waals surface area contributed by atoms with Gasteiger partial charge in [0.05, 0.1) is 38.1 Å². The Balaban J connectivity index is 1.19. The van der Waals surface area contributed by atoms with Crippen molar-refractivity contribution in [1.29, 1.82) is 0 Å². The number of Topliss-reactive ketones (excluding diaryl/α,β-unsaturated/α-hetero) is 1. The van der Waals surface area contributed by atoms with Gasteiger partial charge in [0, 0.05) is 60.7 Å². The number of aliphatic hydroxyl groups is 3. The Kier molecular flexibility index (Phi) is 10.4. The lowest BCUT2D eigenvalue weighted by Gasteiger charge is -2.71. The molecule has 6 aliphatic carbocycles. The Bertz CT molecular complexity index is 1640. The molecule has 2 spiro atoms. The summed E-state index contributed by atoms with van der Waals surface area (Å²) in [6.07, 6.45) is 12.2. The van der Waals surface area contributed by atoms with E-state index in [-0.39, 0.29) is 35.1 Å². The lowest BCUT2D eigenvalue weighted by atomic mass is 9.32. The number of benzene rings is 2. The first-order valence-corrected chi connectivity index (χ1v) is 19.5. The molecule has 3 N–H and O–H groups in total. The average Bonchev–Trinajstić information content (AvgIpc) is 3.41. The number of nitrogens with zero attached hydrogens (tertiary/aromatic N) is 1. The molecule has 2 bridgehead atoms. The number of hydrogen-bond donors (Lipinski definition) is 3. The molecular formula is C44H59NO7. The number of carbonyl (C=O) groups excluding carboxylic acids is 1. The van der Waals surface area contributed by atoms with Crippen molar-refractivity contribution >= 4 is 5.78 Å². The van der Waals surface area contributed by atoms with Crippen molar-refractivity contribution in [3.8, 4) is 5.75 Å². The Hall–Kier alpha value is -2.85. The van der Waals surface area contributed by atoms with Crippen LogP contribution in [0, 0.1) is 33.5 Å². The molecule has 0 heterocycles. The molecule has 2 aromatic rings. The van der Waals surface area contributed by atoms with Gasteiger partial charge in [-0.3, -0.25) is 9.69 Å². The van der Waals surface area contributed by atoms with Gasteiger partial charge in [0.1, 0.15) is 5.75 Å². The molecule has 2 aromatic carbocycles. The van der Waals surface area contributed by atoms with Gasteiger partial charge in [-0.2, -0.15) is 0 Å². The van der Waals surface area contributed by atoms with E-state index in [9.17, 15) is 20.1 Å². The van der Waals surface area contributed by atoms with Gasteiger partial charge in [0.15, 0.2) is 5.78 Å². The first-order chi connectivity index (χ1) is 24.9. The average molecular weight is 714 g/mol. The molecule has 6 aliphatic rings. The summed E-state index contributed by atoms with van der Waals surface area (Å²) in [4.78, 5) is 17.1. The molecule has 3 fully saturated rings. The van der Waals surface area contributed by atoms with E-state index in [0.29, 0.717) is 57.0 Å². The zero-order valence-electron chi connectivity index (χ0n) is 31.6. The monoisotopic (exact) mass is 713 g/mol. The van der Waals surface area contributed by atoms with E-state index < -0.39 is 28.6 Å². The number of fused-ring (bicyclic) bond motifs is 1. The topological polar surface area (TPSA) is 109 Å². The lowest BCUT2D eigenvalue weighted by Crippen LogP contribution is -2.67. The van der Waals surface area contributed by atoms with Crippen LogP contribution < -0.4 is 4.74 Å². The molecular weight excluding hydrogens is 654 g/mol. The molecule has 0 radical (unpaired) electrons. The highest BCUT2D eigenvalue weighted by Crippen LogP contribution is 2.78. The quantitative estimate of drug-likeness (QED) is 0.111. The van der Waals surface area contributed by atoms with Gasteiger partial charge in [0.2, 0.25) is 0 Å². The van der Waals surface area contributed by atoms with Gasteiger partial charge in [-0.25, -0.2) is 0 Å². The summed E-state index contributed by atoms with van der Waals surface area (Å²) < 4.78 is 16.7. The third kappa shape index (κ3) is 6.11. The van der Waals surface area contributed by atoms with E-state index in [1.54, 1.807) is 14.2 Å². The Morgan fingerprint density at radius 1 is 0.942 bits per heavy atom. The summed E-state index contributed by atoms with van der Waals surface area (Å²) in [5, 5.41) is 35.2. The highest BCUT2D eigenvalue weighted by Gasteiger charge is 2.74. The van der Waals surface area contributed by atoms with Gasteiger partial charge in [0.25, 0.3) is 0 Å². The highest BCUT2D eigenvalue weighted by molar-refractivity contribution is 6.10. The van der Waals surface area contributed by atoms with Gasteiger partial charge >= 0.3 is 0 Å². The fourth-order valence-corrected chi connectivity index (χ4v) is 11.8. The fourth-order valence-electron chi connectivity index (χ4n) is 11.8. The van der Waals surface area contributed by atoms with E-state index in [1.165, 1.54) is 0 Å². The minimum atomic E-state index is -1.02. The predicted molar refractivity (Wildman–Crippen MR) is 201 cm³/mol. The summed E-state index contributed by atoms with van der Waals surface area (Å²) >= 11 is 0. The SMILES string of the molecule is COCCCN(CC(O)COCc1ccccc1)CC1(O)CCC2C34C=CC5(C=C3C(=O)c3ccc(OC)cc3)CC(O)CCC5(C)C4CCC21C. The molecule has 9 atom stereocenters. The molecule has 52 heavy (non-hydrogen) atoms. The number of hydrogen-bond acceptors (Lipinski definition) is 8. The zero-order chi connectivity index (χ0) is 36.8. The van der Waals surface area contributed by atoms with Crippen molar-refractivity contribution in [2.75, 3.05) is 47.1 Å². The number of allylic oxidation sites excluding steroid dienone is 4. The van der Waals surface area contributed by atoms with Crippen LogP contribution in [0.2, 0.25) is 0 Å². The third-order valence-electron chi connectivity index (χ3n) is 14.5. The number of carbonyl (C=O) groups is 1. The van der Waals surface area contributed by atoms with Crippen LogP contribution in [-0.2, 0) is 16.1 Å². The molecule has 0 amide bonds. The van der Waals surface area contributed by atoms with Crippen LogP contribution in [0.25, 0.3) is 0 Å². The first kappa shape index (κ1) is 37.5. The summed E-state index contributed by atoms with van der Waals surface area (Å²) in [5.41, 5.74) is 0.0600. The molecule has 0 saturated heterocycles. The number of ether oxygens (including phenoxy) is 3. The maximum Gasteiger partial charge on any atom is 0.189 e. The largest absolute Gasteiger partial charge is 0.497 e. The van der Waals surface area contributed by atoms with Crippen molar-refractivity contribution < 1.29 is 34.3 Å². The molecule has 8 nitrogen and oxygen atoms in total. The standard InChI is InChI=1S/C44H59NO7/c1-40-18-15-33(46)25-42(40)21-22-44(36(26-42)39(48)32-11-13-35(51-4)14-12-32)37(40)16-19-41(2)38(44)17-20-43(41,49)30-45(23-8-24-50-3)27-34(47)29-52-28-31-9-6-5-7-10-31/h5-7,9-14,21-22,26,33-34,37-38,46-47,49H,8,15-20,23-25,27-30H2,1-4H3. The van der Waals surface area contributed by atoms with E-state index >= 15 is 0 Å². The third-order valence-corrected chi connectivity index (χ3v) is 14.5. The van der Waals surface area contributed by atoms with Gasteiger partial charge in [-0.15, -0.1) is 0 Å². The predicted octanol–water partition coefficient (Wildman–Crippen LogP) is 6.39. The van der Waals surface area contributed by atoms with Crippen LogP contribution >= 0.6 is 0 Å². The smallest absolute Gasteiger partial charge is 0.189 e. The van der Waals surface area contributed by atoms with Crippen LogP contribution in [0.5, 0.6) is 5.75 Å². The molecule has 0 aliphatic heterocycles. The normalized spacial score (nSPS) is 36.5. The highest BCUT2D eigenvalue weighted by atomic mass is 16.5. The van der Waals surface area contributed by atoms with Gasteiger partial charge in [-0.1, -0.05) is 62.4 Å². The Morgan fingerprint density at radius 3 is 2.38 bits per heavy atom. The van der Waals surface area contributed by atoms with Crippen LogP contribution in [0.1, 0.15) is 81.1 Å². The number of ketones is 1. The summed E-state index contributed by atoms with van der Waals surface area (Å²) in [7, 11) is 3.33. The van der Waals surface area contributed by atoms with Gasteiger partial charge in [-0.05, 0) is 98.4 Å². The fraction of sp³-hybridized carbons (Fsp3) is 0.614. The molecule has 9 unspecified atom stereocenters. The maximum atomic E-state index is 14.8.